The van der Waals surface area contributed by atoms with Gasteiger partial charge in [-0.05, 0) is 27.2 Å². The molecule has 15 heavy (non-hydrogen) atoms. The molecule has 0 radical (unpaired) electrons. The first-order chi connectivity index (χ1) is 6.85. The van der Waals surface area contributed by atoms with Crippen LogP contribution in [-0.2, 0) is 24.1 Å². The normalized spacial score (nSPS) is 10.9. The van der Waals surface area contributed by atoms with E-state index in [1.807, 2.05) is 0 Å². The number of carbonyl (C=O) groups excluding carboxylic acids is 2. The van der Waals surface area contributed by atoms with E-state index in [1.54, 1.807) is 20.8 Å². The van der Waals surface area contributed by atoms with Crippen LogP contribution in [0.25, 0.3) is 0 Å². The molecule has 0 saturated carbocycles. The van der Waals surface area contributed by atoms with Gasteiger partial charge in [0.1, 0.15) is 5.60 Å². The van der Waals surface area contributed by atoms with E-state index >= 15 is 0 Å². The van der Waals surface area contributed by atoms with Crippen molar-refractivity contribution in [2.45, 2.75) is 45.6 Å². The Morgan fingerprint density at radius 3 is 2.07 bits per heavy atom. The molecule has 0 aromatic carbocycles. The highest BCUT2D eigenvalue weighted by Crippen LogP contribution is 2.08. The van der Waals surface area contributed by atoms with Crippen LogP contribution in [0.2, 0.25) is 0 Å². The SMILES string of the molecule is COC(=O)CCCC(=O)OOC(C)(C)C. The highest BCUT2D eigenvalue weighted by Gasteiger charge is 2.15. The van der Waals surface area contributed by atoms with Crippen molar-refractivity contribution in [3.8, 4) is 0 Å². The molecule has 5 nitrogen and oxygen atoms in total. The lowest BCUT2D eigenvalue weighted by atomic mass is 10.2. The van der Waals surface area contributed by atoms with Gasteiger partial charge >= 0.3 is 11.9 Å². The van der Waals surface area contributed by atoms with E-state index in [-0.39, 0.29) is 18.8 Å². The first-order valence-corrected chi connectivity index (χ1v) is 4.80. The van der Waals surface area contributed by atoms with E-state index < -0.39 is 11.6 Å². The maximum Gasteiger partial charge on any atom is 0.342 e. The number of esters is 1. The van der Waals surface area contributed by atoms with Gasteiger partial charge in [0, 0.05) is 12.8 Å². The van der Waals surface area contributed by atoms with Crippen LogP contribution in [0.1, 0.15) is 40.0 Å². The molecule has 0 N–H and O–H groups in total. The van der Waals surface area contributed by atoms with Crippen molar-refractivity contribution in [3.63, 3.8) is 0 Å². The third-order valence-corrected chi connectivity index (χ3v) is 1.37. The molecule has 0 aliphatic rings. The Balaban J connectivity index is 3.54. The van der Waals surface area contributed by atoms with Crippen molar-refractivity contribution < 1.29 is 24.1 Å². The smallest absolute Gasteiger partial charge is 0.342 e. The van der Waals surface area contributed by atoms with Crippen molar-refractivity contribution in [2.24, 2.45) is 0 Å². The minimum atomic E-state index is -0.516. The standard InChI is InChI=1S/C10H18O5/c1-10(2,3)15-14-9(12)7-5-6-8(11)13-4/h5-7H2,1-4H3. The lowest BCUT2D eigenvalue weighted by molar-refractivity contribution is -0.320. The molecule has 88 valence electrons. The highest BCUT2D eigenvalue weighted by atomic mass is 17.2. The second-order valence-corrected chi connectivity index (χ2v) is 4.08. The number of carbonyl (C=O) groups is 2. The van der Waals surface area contributed by atoms with Crippen LogP contribution < -0.4 is 0 Å². The van der Waals surface area contributed by atoms with Crippen LogP contribution in [0.4, 0.5) is 0 Å². The van der Waals surface area contributed by atoms with E-state index in [9.17, 15) is 9.59 Å². The minimum Gasteiger partial charge on any atom is -0.469 e. The van der Waals surface area contributed by atoms with Crippen molar-refractivity contribution >= 4 is 11.9 Å². The van der Waals surface area contributed by atoms with Gasteiger partial charge in [-0.3, -0.25) is 9.68 Å². The Bertz CT molecular complexity index is 216. The van der Waals surface area contributed by atoms with E-state index in [0.29, 0.717) is 6.42 Å². The summed E-state index contributed by atoms with van der Waals surface area (Å²) in [5, 5.41) is 0. The van der Waals surface area contributed by atoms with Crippen molar-refractivity contribution in [3.05, 3.63) is 0 Å². The lowest BCUT2D eigenvalue weighted by Crippen LogP contribution is -2.21. The molecular weight excluding hydrogens is 200 g/mol. The molecule has 0 rings (SSSR count). The maximum absolute atomic E-state index is 11.1. The van der Waals surface area contributed by atoms with Crippen molar-refractivity contribution in [1.29, 1.82) is 0 Å². The monoisotopic (exact) mass is 218 g/mol. The molecule has 0 unspecified atom stereocenters. The van der Waals surface area contributed by atoms with Gasteiger partial charge in [-0.1, -0.05) is 0 Å². The molecule has 0 amide bonds. The van der Waals surface area contributed by atoms with Gasteiger partial charge in [-0.25, -0.2) is 4.79 Å². The molecule has 0 aliphatic heterocycles. The number of methoxy groups -OCH3 is 1. The molecule has 0 spiro atoms. The number of ether oxygens (including phenoxy) is 1. The predicted molar refractivity (Wildman–Crippen MR) is 52.8 cm³/mol. The van der Waals surface area contributed by atoms with Gasteiger partial charge in [0.05, 0.1) is 7.11 Å². The molecule has 0 atom stereocenters. The highest BCUT2D eigenvalue weighted by molar-refractivity contribution is 5.72. The van der Waals surface area contributed by atoms with E-state index in [0.717, 1.165) is 0 Å². The van der Waals surface area contributed by atoms with Gasteiger partial charge in [-0.2, -0.15) is 4.89 Å². The van der Waals surface area contributed by atoms with Gasteiger partial charge in [-0.15, -0.1) is 0 Å². The quantitative estimate of drug-likeness (QED) is 0.398. The van der Waals surface area contributed by atoms with Crippen molar-refractivity contribution in [2.75, 3.05) is 7.11 Å². The van der Waals surface area contributed by atoms with Crippen LogP contribution in [0.15, 0.2) is 0 Å². The average Bonchev–Trinajstić information content (AvgIpc) is 2.13. The van der Waals surface area contributed by atoms with Crippen LogP contribution in [-0.4, -0.2) is 24.6 Å². The van der Waals surface area contributed by atoms with E-state index in [1.165, 1.54) is 7.11 Å². The molecule has 0 fully saturated rings. The largest absolute Gasteiger partial charge is 0.469 e. The maximum atomic E-state index is 11.1. The van der Waals surface area contributed by atoms with Crippen LogP contribution in [0, 0.1) is 0 Å². The summed E-state index contributed by atoms with van der Waals surface area (Å²) in [5.74, 6) is -0.812. The van der Waals surface area contributed by atoms with Crippen LogP contribution in [0.3, 0.4) is 0 Å². The summed E-state index contributed by atoms with van der Waals surface area (Å²) in [6.45, 7) is 5.32. The molecule has 0 aliphatic carbocycles. The van der Waals surface area contributed by atoms with Gasteiger partial charge in [0.15, 0.2) is 0 Å². The Hall–Kier alpha value is -1.10. The summed E-state index contributed by atoms with van der Waals surface area (Å²) in [5.41, 5.74) is -0.516. The molecule has 5 heteroatoms. The van der Waals surface area contributed by atoms with Gasteiger partial charge in [0.2, 0.25) is 0 Å². The van der Waals surface area contributed by atoms with Crippen LogP contribution >= 0.6 is 0 Å². The van der Waals surface area contributed by atoms with E-state index in [4.69, 9.17) is 4.89 Å². The predicted octanol–water partition coefficient (Wildman–Crippen LogP) is 1.60. The Morgan fingerprint density at radius 2 is 1.60 bits per heavy atom. The zero-order chi connectivity index (χ0) is 11.9. The molecular formula is C10H18O5. The third kappa shape index (κ3) is 9.21. The fourth-order valence-electron chi connectivity index (χ4n) is 0.692. The molecule has 0 saturated heterocycles. The summed E-state index contributed by atoms with van der Waals surface area (Å²) in [6, 6.07) is 0. The Labute approximate surface area is 89.6 Å². The number of rotatable bonds is 5. The van der Waals surface area contributed by atoms with Crippen LogP contribution in [0.5, 0.6) is 0 Å². The summed E-state index contributed by atoms with van der Waals surface area (Å²) in [4.78, 5) is 31.1. The topological polar surface area (TPSA) is 61.8 Å². The number of hydrogen-bond donors (Lipinski definition) is 0. The minimum absolute atomic E-state index is 0.144. The molecule has 0 bridgehead atoms. The third-order valence-electron chi connectivity index (χ3n) is 1.37. The fraction of sp³-hybridized carbons (Fsp3) is 0.800. The molecule has 0 aromatic heterocycles. The number of hydrogen-bond acceptors (Lipinski definition) is 5. The summed E-state index contributed by atoms with van der Waals surface area (Å²) in [6.07, 6.45) is 0.755. The first kappa shape index (κ1) is 13.9. The van der Waals surface area contributed by atoms with E-state index in [2.05, 4.69) is 9.62 Å². The molecule has 0 heterocycles. The summed E-state index contributed by atoms with van der Waals surface area (Å²) < 4.78 is 4.42. The lowest BCUT2D eigenvalue weighted by Gasteiger charge is -2.16. The summed E-state index contributed by atoms with van der Waals surface area (Å²) >= 11 is 0. The second-order valence-electron chi connectivity index (χ2n) is 4.08. The van der Waals surface area contributed by atoms with Gasteiger partial charge < -0.3 is 4.74 Å². The summed E-state index contributed by atoms with van der Waals surface area (Å²) in [7, 11) is 1.31. The zero-order valence-corrected chi connectivity index (χ0v) is 9.66. The van der Waals surface area contributed by atoms with Crippen molar-refractivity contribution in [1.82, 2.24) is 0 Å². The van der Waals surface area contributed by atoms with Gasteiger partial charge in [0.25, 0.3) is 0 Å². The molecule has 0 aromatic rings. The Kier molecular flexibility index (Phi) is 5.93. The fourth-order valence-corrected chi connectivity index (χ4v) is 0.692. The zero-order valence-electron chi connectivity index (χ0n) is 9.66. The average molecular weight is 218 g/mol. The second kappa shape index (κ2) is 6.40. The first-order valence-electron chi connectivity index (χ1n) is 4.80. The Morgan fingerprint density at radius 1 is 1.07 bits per heavy atom.